The van der Waals surface area contributed by atoms with Crippen molar-refractivity contribution in [3.8, 4) is 11.5 Å². The highest BCUT2D eigenvalue weighted by Gasteiger charge is 2.08. The average Bonchev–Trinajstić information content (AvgIpc) is 3.17. The van der Waals surface area contributed by atoms with Gasteiger partial charge in [-0.25, -0.2) is 4.98 Å². The van der Waals surface area contributed by atoms with Crippen molar-refractivity contribution < 1.29 is 14.1 Å². The van der Waals surface area contributed by atoms with Crippen LogP contribution in [0.4, 0.5) is 11.4 Å². The van der Waals surface area contributed by atoms with E-state index in [1.54, 1.807) is 24.3 Å². The van der Waals surface area contributed by atoms with Crippen LogP contribution < -0.4 is 5.32 Å². The zero-order chi connectivity index (χ0) is 20.2. The van der Waals surface area contributed by atoms with Crippen LogP contribution in [0.5, 0.6) is 0 Å². The number of amides is 1. The van der Waals surface area contributed by atoms with Crippen LogP contribution in [-0.4, -0.2) is 15.8 Å². The Morgan fingerprint density at radius 3 is 2.59 bits per heavy atom. The van der Waals surface area contributed by atoms with Crippen molar-refractivity contribution in [2.45, 2.75) is 0 Å². The Bertz CT molecular complexity index is 1190. The molecule has 0 unspecified atom stereocenters. The molecule has 0 bridgehead atoms. The third kappa shape index (κ3) is 4.19. The Morgan fingerprint density at radius 2 is 1.83 bits per heavy atom. The van der Waals surface area contributed by atoms with Crippen molar-refractivity contribution in [1.29, 1.82) is 0 Å². The van der Waals surface area contributed by atoms with E-state index >= 15 is 0 Å². The summed E-state index contributed by atoms with van der Waals surface area (Å²) in [5.41, 5.74) is 3.45. The number of carbonyl (C=O) groups is 1. The number of aromatic nitrogens is 1. The van der Waals surface area contributed by atoms with Gasteiger partial charge in [0.05, 0.1) is 4.92 Å². The van der Waals surface area contributed by atoms with Crippen LogP contribution in [0.3, 0.4) is 0 Å². The highest BCUT2D eigenvalue weighted by atomic mass is 16.6. The van der Waals surface area contributed by atoms with E-state index in [0.717, 1.165) is 11.1 Å². The minimum absolute atomic E-state index is 0.0256. The molecule has 7 heteroatoms. The van der Waals surface area contributed by atoms with Crippen LogP contribution in [0, 0.1) is 10.1 Å². The van der Waals surface area contributed by atoms with Gasteiger partial charge in [-0.2, -0.15) is 0 Å². The number of benzene rings is 3. The molecule has 1 aromatic heterocycles. The average molecular weight is 385 g/mol. The molecule has 0 radical (unpaired) electrons. The number of nitro benzene ring substituents is 1. The lowest BCUT2D eigenvalue weighted by Crippen LogP contribution is -2.07. The third-order valence-corrected chi connectivity index (χ3v) is 4.20. The predicted octanol–water partition coefficient (Wildman–Crippen LogP) is 5.05. The molecule has 1 heterocycles. The maximum Gasteiger partial charge on any atom is 0.270 e. The lowest BCUT2D eigenvalue weighted by Gasteiger charge is -2.03. The molecular weight excluding hydrogens is 370 g/mol. The third-order valence-electron chi connectivity index (χ3n) is 4.20. The van der Waals surface area contributed by atoms with Gasteiger partial charge in [0.25, 0.3) is 5.69 Å². The molecule has 0 aliphatic heterocycles. The Morgan fingerprint density at radius 1 is 1.03 bits per heavy atom. The molecule has 3 aromatic carbocycles. The maximum absolute atomic E-state index is 12.1. The molecule has 4 rings (SSSR count). The Kier molecular flexibility index (Phi) is 4.86. The van der Waals surface area contributed by atoms with Crippen molar-refractivity contribution in [1.82, 2.24) is 4.98 Å². The summed E-state index contributed by atoms with van der Waals surface area (Å²) in [6.45, 7) is 0. The second-order valence-electron chi connectivity index (χ2n) is 6.24. The van der Waals surface area contributed by atoms with E-state index < -0.39 is 4.92 Å². The summed E-state index contributed by atoms with van der Waals surface area (Å²) in [7, 11) is 0. The molecular formula is C22H15N3O4. The topological polar surface area (TPSA) is 98.3 Å². The van der Waals surface area contributed by atoms with Gasteiger partial charge in [0.1, 0.15) is 5.52 Å². The lowest BCUT2D eigenvalue weighted by atomic mass is 10.2. The van der Waals surface area contributed by atoms with Gasteiger partial charge in [0, 0.05) is 29.5 Å². The van der Waals surface area contributed by atoms with E-state index in [-0.39, 0.29) is 11.6 Å². The van der Waals surface area contributed by atoms with E-state index in [1.165, 1.54) is 24.3 Å². The summed E-state index contributed by atoms with van der Waals surface area (Å²) in [5.74, 6) is 0.167. The molecule has 0 saturated carbocycles. The SMILES string of the molecule is O=C(C=Cc1cccc([N+](=O)[O-])c1)Nc1ccc(-c2nc3ccccc3o2)cc1. The highest BCUT2D eigenvalue weighted by Crippen LogP contribution is 2.25. The number of hydrogen-bond donors (Lipinski definition) is 1. The normalized spacial score (nSPS) is 11.0. The molecule has 0 fully saturated rings. The number of fused-ring (bicyclic) bond motifs is 1. The van der Waals surface area contributed by atoms with E-state index in [2.05, 4.69) is 10.3 Å². The van der Waals surface area contributed by atoms with Crippen molar-refractivity contribution in [3.05, 3.63) is 94.6 Å². The van der Waals surface area contributed by atoms with Gasteiger partial charge >= 0.3 is 0 Å². The number of nitrogens with zero attached hydrogens (tertiary/aromatic N) is 2. The molecule has 4 aromatic rings. The number of hydrogen-bond acceptors (Lipinski definition) is 5. The summed E-state index contributed by atoms with van der Waals surface area (Å²) in [5, 5.41) is 13.5. The molecule has 0 spiro atoms. The van der Waals surface area contributed by atoms with Crippen LogP contribution in [0.25, 0.3) is 28.6 Å². The van der Waals surface area contributed by atoms with Gasteiger partial charge in [-0.1, -0.05) is 24.3 Å². The summed E-state index contributed by atoms with van der Waals surface area (Å²) in [6.07, 6.45) is 2.85. The molecule has 29 heavy (non-hydrogen) atoms. The predicted molar refractivity (Wildman–Crippen MR) is 110 cm³/mol. The zero-order valence-corrected chi connectivity index (χ0v) is 15.1. The molecule has 1 amide bonds. The number of anilines is 1. The Balaban J connectivity index is 1.43. The second kappa shape index (κ2) is 7.77. The van der Waals surface area contributed by atoms with Crippen molar-refractivity contribution in [2.75, 3.05) is 5.32 Å². The van der Waals surface area contributed by atoms with Gasteiger partial charge < -0.3 is 9.73 Å². The summed E-state index contributed by atoms with van der Waals surface area (Å²) >= 11 is 0. The zero-order valence-electron chi connectivity index (χ0n) is 15.1. The van der Waals surface area contributed by atoms with Crippen molar-refractivity contribution in [3.63, 3.8) is 0 Å². The highest BCUT2D eigenvalue weighted by molar-refractivity contribution is 6.02. The standard InChI is InChI=1S/C22H15N3O4/c26-21(13-8-15-4-3-5-18(14-15)25(27)28)23-17-11-9-16(10-12-17)22-24-19-6-1-2-7-20(19)29-22/h1-14H,(H,23,26). The first-order valence-corrected chi connectivity index (χ1v) is 8.78. The largest absolute Gasteiger partial charge is 0.436 e. The Labute approximate surface area is 165 Å². The molecule has 142 valence electrons. The fourth-order valence-corrected chi connectivity index (χ4v) is 2.79. The van der Waals surface area contributed by atoms with Gasteiger partial charge in [-0.05, 0) is 48.0 Å². The quantitative estimate of drug-likeness (QED) is 0.294. The molecule has 0 aliphatic rings. The second-order valence-corrected chi connectivity index (χ2v) is 6.24. The van der Waals surface area contributed by atoms with Crippen LogP contribution in [0.1, 0.15) is 5.56 Å². The first-order valence-electron chi connectivity index (χ1n) is 8.78. The Hall–Kier alpha value is -4.26. The molecule has 7 nitrogen and oxygen atoms in total. The number of nitrogens with one attached hydrogen (secondary N) is 1. The summed E-state index contributed by atoms with van der Waals surface area (Å²) < 4.78 is 5.73. The fourth-order valence-electron chi connectivity index (χ4n) is 2.79. The fraction of sp³-hybridized carbons (Fsp3) is 0. The summed E-state index contributed by atoms with van der Waals surface area (Å²) in [4.78, 5) is 26.9. The first-order chi connectivity index (χ1) is 14.1. The molecule has 0 atom stereocenters. The minimum Gasteiger partial charge on any atom is -0.436 e. The smallest absolute Gasteiger partial charge is 0.270 e. The van der Waals surface area contributed by atoms with Gasteiger partial charge in [-0.15, -0.1) is 0 Å². The maximum atomic E-state index is 12.1. The minimum atomic E-state index is -0.476. The number of nitro groups is 1. The van der Waals surface area contributed by atoms with Crippen LogP contribution in [0.2, 0.25) is 0 Å². The number of para-hydroxylation sites is 2. The summed E-state index contributed by atoms with van der Waals surface area (Å²) in [6, 6.07) is 20.7. The van der Waals surface area contributed by atoms with E-state index in [9.17, 15) is 14.9 Å². The number of non-ortho nitro benzene ring substituents is 1. The number of rotatable bonds is 5. The first kappa shape index (κ1) is 18.1. The molecule has 0 saturated heterocycles. The van der Waals surface area contributed by atoms with Crippen LogP contribution in [0.15, 0.2) is 83.3 Å². The number of carbonyl (C=O) groups excluding carboxylic acids is 1. The lowest BCUT2D eigenvalue weighted by molar-refractivity contribution is -0.384. The van der Waals surface area contributed by atoms with E-state index in [0.29, 0.717) is 22.7 Å². The molecule has 0 aliphatic carbocycles. The van der Waals surface area contributed by atoms with Crippen LogP contribution >= 0.6 is 0 Å². The van der Waals surface area contributed by atoms with Crippen LogP contribution in [-0.2, 0) is 4.79 Å². The van der Waals surface area contributed by atoms with Gasteiger partial charge in [-0.3, -0.25) is 14.9 Å². The van der Waals surface area contributed by atoms with E-state index in [1.807, 2.05) is 36.4 Å². The van der Waals surface area contributed by atoms with Gasteiger partial charge in [0.15, 0.2) is 5.58 Å². The van der Waals surface area contributed by atoms with Crippen molar-refractivity contribution in [2.24, 2.45) is 0 Å². The van der Waals surface area contributed by atoms with Crippen molar-refractivity contribution >= 4 is 34.5 Å². The number of oxazole rings is 1. The monoisotopic (exact) mass is 385 g/mol. The van der Waals surface area contributed by atoms with E-state index in [4.69, 9.17) is 4.42 Å². The molecule has 1 N–H and O–H groups in total. The van der Waals surface area contributed by atoms with Gasteiger partial charge in [0.2, 0.25) is 11.8 Å².